The van der Waals surface area contributed by atoms with Crippen LogP contribution in [0.1, 0.15) is 14.2 Å². The summed E-state index contributed by atoms with van der Waals surface area (Å²) in [7, 11) is -2.34. The van der Waals surface area contributed by atoms with Crippen molar-refractivity contribution in [2.24, 2.45) is 10.8 Å². The zero-order valence-electron chi connectivity index (χ0n) is 5.76. The summed E-state index contributed by atoms with van der Waals surface area (Å²) in [6, 6.07) is 0.794. The monoisotopic (exact) mass is 133 g/mol. The maximum absolute atomic E-state index is 7.18. The van der Waals surface area contributed by atoms with E-state index in [9.17, 15) is 0 Å². The zero-order valence-corrected chi connectivity index (χ0v) is 5.76. The molecule has 0 bridgehead atoms. The molecule has 1 fully saturated rings. The third-order valence-electron chi connectivity index (χ3n) is 1.19. The van der Waals surface area contributed by atoms with Crippen molar-refractivity contribution in [2.75, 3.05) is 6.58 Å². The molecule has 1 aliphatic heterocycles. The lowest BCUT2D eigenvalue weighted by molar-refractivity contribution is 0.267. The molecule has 1 heterocycles. The fourth-order valence-corrected chi connectivity index (χ4v) is 2.04. The number of hydrogen-bond acceptors (Lipinski definition) is 3. The summed E-state index contributed by atoms with van der Waals surface area (Å²) in [6.45, 7) is -0.458. The smallest absolute Gasteiger partial charge is 0.346 e. The molecule has 0 aromatic heterocycles. The van der Waals surface area contributed by atoms with E-state index in [0.717, 1.165) is 18.9 Å². The predicted molar refractivity (Wildman–Crippen MR) is 34.1 cm³/mol. The van der Waals surface area contributed by atoms with E-state index in [1.807, 2.05) is 0 Å². The molecular weight excluding hydrogens is 120 g/mol. The molecule has 1 unspecified atom stereocenters. The highest BCUT2D eigenvalue weighted by atomic mass is 28.4. The van der Waals surface area contributed by atoms with Gasteiger partial charge in [-0.3, -0.25) is 0 Å². The summed E-state index contributed by atoms with van der Waals surface area (Å²) in [5.41, 5.74) is 0. The predicted octanol–water partition coefficient (Wildman–Crippen LogP) is -0.347. The van der Waals surface area contributed by atoms with Crippen molar-refractivity contribution >= 4 is 8.64 Å². The van der Waals surface area contributed by atoms with E-state index >= 15 is 0 Å². The average molecular weight is 133 g/mol. The van der Waals surface area contributed by atoms with Gasteiger partial charge in [0, 0.05) is 6.58 Å². The van der Waals surface area contributed by atoms with Crippen LogP contribution in [0.4, 0.5) is 0 Å². The van der Waals surface area contributed by atoms with Crippen LogP contribution in [0.5, 0.6) is 0 Å². The van der Waals surface area contributed by atoms with Gasteiger partial charge in [0.05, 0.1) is 1.37 Å². The van der Waals surface area contributed by atoms with Gasteiger partial charge in [0.15, 0.2) is 0 Å². The number of hydrogen-bond donors (Lipinski definition) is 2. The van der Waals surface area contributed by atoms with E-state index in [-0.39, 0.29) is 0 Å². The summed E-state index contributed by atoms with van der Waals surface area (Å²) in [6.07, 6.45) is 1.73. The van der Waals surface area contributed by atoms with Gasteiger partial charge in [-0.1, -0.05) is 0 Å². The SMILES string of the molecule is [2H]C1CCC[Si](N)(N)O1. The minimum atomic E-state index is -2.34. The summed E-state index contributed by atoms with van der Waals surface area (Å²) in [5, 5.41) is 11.1. The van der Waals surface area contributed by atoms with Crippen molar-refractivity contribution in [3.63, 3.8) is 0 Å². The molecule has 0 aliphatic carbocycles. The largest absolute Gasteiger partial charge is 0.392 e. The minimum absolute atomic E-state index is 0.458. The average Bonchev–Trinajstić information content (AvgIpc) is 1.60. The molecule has 1 saturated heterocycles. The molecule has 0 amide bonds. The van der Waals surface area contributed by atoms with Crippen molar-refractivity contribution in [3.05, 3.63) is 0 Å². The van der Waals surface area contributed by atoms with Crippen LogP contribution < -0.4 is 10.8 Å². The maximum Gasteiger partial charge on any atom is 0.346 e. The Morgan fingerprint density at radius 3 is 2.62 bits per heavy atom. The van der Waals surface area contributed by atoms with Gasteiger partial charge in [-0.15, -0.1) is 0 Å². The van der Waals surface area contributed by atoms with Crippen molar-refractivity contribution < 1.29 is 5.80 Å². The number of rotatable bonds is 0. The lowest BCUT2D eigenvalue weighted by Crippen LogP contribution is -2.60. The molecule has 1 rings (SSSR count). The van der Waals surface area contributed by atoms with Crippen LogP contribution in [0, 0.1) is 0 Å². The Morgan fingerprint density at radius 1 is 1.50 bits per heavy atom. The van der Waals surface area contributed by atoms with Crippen LogP contribution in [-0.4, -0.2) is 15.2 Å². The lowest BCUT2D eigenvalue weighted by atomic mass is 10.4. The number of nitrogens with two attached hydrogens (primary N) is 2. The quantitative estimate of drug-likeness (QED) is 0.444. The molecule has 0 spiro atoms. The third kappa shape index (κ3) is 1.55. The molecule has 48 valence electrons. The highest BCUT2D eigenvalue weighted by Crippen LogP contribution is 2.11. The third-order valence-corrected chi connectivity index (χ3v) is 2.93. The van der Waals surface area contributed by atoms with Gasteiger partial charge in [-0.2, -0.15) is 0 Å². The van der Waals surface area contributed by atoms with E-state index < -0.39 is 15.2 Å². The Kier molecular flexibility index (Phi) is 1.32. The molecule has 0 aromatic rings. The van der Waals surface area contributed by atoms with Crippen LogP contribution in [0.15, 0.2) is 0 Å². The van der Waals surface area contributed by atoms with Gasteiger partial charge in [-0.25, -0.2) is 0 Å². The second kappa shape index (κ2) is 2.14. The van der Waals surface area contributed by atoms with E-state index in [0.29, 0.717) is 0 Å². The molecule has 1 aliphatic rings. The van der Waals surface area contributed by atoms with Crippen molar-refractivity contribution in [3.8, 4) is 0 Å². The fourth-order valence-electron chi connectivity index (χ4n) is 0.735. The molecule has 0 saturated carbocycles. The van der Waals surface area contributed by atoms with E-state index in [4.69, 9.17) is 16.6 Å². The van der Waals surface area contributed by atoms with E-state index in [2.05, 4.69) is 0 Å². The normalized spacial score (nSPS) is 38.8. The topological polar surface area (TPSA) is 61.3 Å². The summed E-state index contributed by atoms with van der Waals surface area (Å²) in [4.78, 5) is 0. The minimum Gasteiger partial charge on any atom is -0.392 e. The van der Waals surface area contributed by atoms with Crippen molar-refractivity contribution in [1.82, 2.24) is 0 Å². The second-order valence-corrected chi connectivity index (χ2v) is 4.78. The first-order chi connectivity index (χ1) is 4.10. The zero-order chi connectivity index (χ0) is 6.91. The molecular formula is C4H12N2OSi. The Labute approximate surface area is 51.7 Å². The van der Waals surface area contributed by atoms with Crippen LogP contribution in [0.2, 0.25) is 6.04 Å². The summed E-state index contributed by atoms with van der Waals surface area (Å²) >= 11 is 0. The summed E-state index contributed by atoms with van der Waals surface area (Å²) in [5.74, 6) is 0. The Morgan fingerprint density at radius 2 is 2.25 bits per heavy atom. The van der Waals surface area contributed by atoms with Gasteiger partial charge in [-0.05, 0) is 18.9 Å². The standard InChI is InChI=1S/C4H12N2OSi/c5-8(6)4-2-1-3-7-8/h1-6H2/i3D. The molecule has 0 aromatic carbocycles. The van der Waals surface area contributed by atoms with Gasteiger partial charge in [0.1, 0.15) is 0 Å². The van der Waals surface area contributed by atoms with Crippen molar-refractivity contribution in [2.45, 2.75) is 18.9 Å². The van der Waals surface area contributed by atoms with E-state index in [1.165, 1.54) is 0 Å². The lowest BCUT2D eigenvalue weighted by Gasteiger charge is -2.25. The highest BCUT2D eigenvalue weighted by Gasteiger charge is 2.27. The van der Waals surface area contributed by atoms with Gasteiger partial charge >= 0.3 is 8.64 Å². The second-order valence-electron chi connectivity index (χ2n) is 2.13. The van der Waals surface area contributed by atoms with Crippen LogP contribution in [-0.2, 0) is 4.43 Å². The Balaban J connectivity index is 2.41. The maximum atomic E-state index is 7.18. The fraction of sp³-hybridized carbons (Fsp3) is 1.00. The van der Waals surface area contributed by atoms with Gasteiger partial charge < -0.3 is 15.2 Å². The highest BCUT2D eigenvalue weighted by molar-refractivity contribution is 6.67. The first-order valence-electron chi connectivity index (χ1n) is 3.36. The van der Waals surface area contributed by atoms with Gasteiger partial charge in [0.25, 0.3) is 0 Å². The summed E-state index contributed by atoms with van der Waals surface area (Å²) < 4.78 is 12.2. The van der Waals surface area contributed by atoms with Gasteiger partial charge in [0.2, 0.25) is 0 Å². The molecule has 4 heteroatoms. The molecule has 4 N–H and O–H groups in total. The van der Waals surface area contributed by atoms with Crippen LogP contribution in [0.25, 0.3) is 0 Å². The van der Waals surface area contributed by atoms with E-state index in [1.54, 1.807) is 0 Å². The molecule has 0 radical (unpaired) electrons. The van der Waals surface area contributed by atoms with Crippen LogP contribution in [0.3, 0.4) is 0 Å². The Bertz CT molecular complexity index is 111. The first kappa shape index (κ1) is 4.93. The first-order valence-corrected chi connectivity index (χ1v) is 5.05. The van der Waals surface area contributed by atoms with Crippen LogP contribution >= 0.6 is 0 Å². The molecule has 1 atom stereocenters. The molecule has 8 heavy (non-hydrogen) atoms. The Hall–Kier alpha value is 0.0969. The molecule has 3 nitrogen and oxygen atoms in total. The van der Waals surface area contributed by atoms with Crippen molar-refractivity contribution in [1.29, 1.82) is 0 Å².